The minimum atomic E-state index is -0.972. The van der Waals surface area contributed by atoms with Crippen molar-refractivity contribution in [3.63, 3.8) is 0 Å². The van der Waals surface area contributed by atoms with E-state index in [1.807, 2.05) is 0 Å². The topological polar surface area (TPSA) is 120 Å². The molecule has 8 heteroatoms. The molecule has 1 heterocycles. The van der Waals surface area contributed by atoms with E-state index in [0.29, 0.717) is 24.4 Å². The fourth-order valence-corrected chi connectivity index (χ4v) is 1.80. The van der Waals surface area contributed by atoms with Gasteiger partial charge in [-0.05, 0) is 18.1 Å². The van der Waals surface area contributed by atoms with Gasteiger partial charge in [-0.2, -0.15) is 5.10 Å². The highest BCUT2D eigenvalue weighted by atomic mass is 16.4. The molecule has 0 unspecified atom stereocenters. The Morgan fingerprint density at radius 2 is 2.05 bits per heavy atom. The number of H-pyrrole nitrogens is 1. The van der Waals surface area contributed by atoms with E-state index in [-0.39, 0.29) is 18.1 Å². The molecule has 0 radical (unpaired) electrons. The maximum Gasteiger partial charge on any atom is 0.335 e. The van der Waals surface area contributed by atoms with Crippen LogP contribution in [-0.4, -0.2) is 38.8 Å². The Morgan fingerprint density at radius 3 is 2.76 bits per heavy atom. The summed E-state index contributed by atoms with van der Waals surface area (Å²) in [7, 11) is 0. The number of urea groups is 1. The zero-order valence-corrected chi connectivity index (χ0v) is 11.2. The average Bonchev–Trinajstić information content (AvgIpc) is 2.99. The molecule has 1 aromatic heterocycles. The molecule has 8 nitrogen and oxygen atoms in total. The summed E-state index contributed by atoms with van der Waals surface area (Å²) >= 11 is 0. The molecule has 2 rings (SSSR count). The van der Waals surface area contributed by atoms with Crippen LogP contribution in [0.1, 0.15) is 21.7 Å². The van der Waals surface area contributed by atoms with Crippen molar-refractivity contribution < 1.29 is 14.7 Å². The lowest BCUT2D eigenvalue weighted by Crippen LogP contribution is -2.36. The maximum atomic E-state index is 11.5. The summed E-state index contributed by atoms with van der Waals surface area (Å²) in [4.78, 5) is 26.5. The Labute approximate surface area is 120 Å². The van der Waals surface area contributed by atoms with E-state index in [0.717, 1.165) is 0 Å². The third-order valence-electron chi connectivity index (χ3n) is 2.81. The summed E-state index contributed by atoms with van der Waals surface area (Å²) in [5.41, 5.74) is 0.932. The first-order valence-corrected chi connectivity index (χ1v) is 6.34. The lowest BCUT2D eigenvalue weighted by atomic mass is 10.0. The predicted molar refractivity (Wildman–Crippen MR) is 73.7 cm³/mol. The second kappa shape index (κ2) is 7.04. The number of aromatic nitrogens is 3. The van der Waals surface area contributed by atoms with Gasteiger partial charge in [0.2, 0.25) is 0 Å². The third kappa shape index (κ3) is 4.30. The Bertz CT molecular complexity index is 612. The number of hydrogen-bond acceptors (Lipinski definition) is 4. The summed E-state index contributed by atoms with van der Waals surface area (Å²) in [6.45, 7) is 0.587. The fraction of sp³-hybridized carbons (Fsp3) is 0.231. The molecule has 0 atom stereocenters. The Balaban J connectivity index is 1.76. The van der Waals surface area contributed by atoms with Gasteiger partial charge in [0.05, 0.1) is 12.1 Å². The average molecular weight is 289 g/mol. The maximum absolute atomic E-state index is 11.5. The molecule has 2 aromatic rings. The second-order valence-corrected chi connectivity index (χ2v) is 4.25. The van der Waals surface area contributed by atoms with Crippen molar-refractivity contribution in [2.24, 2.45) is 0 Å². The van der Waals surface area contributed by atoms with Crippen LogP contribution in [0, 0.1) is 0 Å². The van der Waals surface area contributed by atoms with Gasteiger partial charge in [0, 0.05) is 6.54 Å². The minimum absolute atomic E-state index is 0.248. The first kappa shape index (κ1) is 14.5. The molecule has 0 aliphatic carbocycles. The molecule has 0 bridgehead atoms. The Hall–Kier alpha value is -2.90. The van der Waals surface area contributed by atoms with Crippen molar-refractivity contribution in [2.45, 2.75) is 13.0 Å². The number of hydrogen-bond donors (Lipinski definition) is 4. The molecule has 1 aromatic carbocycles. The van der Waals surface area contributed by atoms with Gasteiger partial charge >= 0.3 is 12.0 Å². The van der Waals surface area contributed by atoms with Crippen LogP contribution in [0.15, 0.2) is 30.6 Å². The molecular formula is C13H15N5O3. The minimum Gasteiger partial charge on any atom is -0.478 e. The molecule has 0 fully saturated rings. The van der Waals surface area contributed by atoms with Crippen LogP contribution in [0.5, 0.6) is 0 Å². The number of amides is 2. The van der Waals surface area contributed by atoms with Crippen molar-refractivity contribution in [3.05, 3.63) is 47.5 Å². The second-order valence-electron chi connectivity index (χ2n) is 4.25. The highest BCUT2D eigenvalue weighted by Crippen LogP contribution is 2.08. The predicted octanol–water partition coefficient (Wildman–Crippen LogP) is 0.545. The zero-order chi connectivity index (χ0) is 15.1. The number of nitrogens with zero attached hydrogens (tertiary/aromatic N) is 2. The van der Waals surface area contributed by atoms with Crippen molar-refractivity contribution in [1.82, 2.24) is 25.8 Å². The first-order chi connectivity index (χ1) is 10.2. The van der Waals surface area contributed by atoms with Gasteiger partial charge in [-0.3, -0.25) is 5.10 Å². The van der Waals surface area contributed by atoms with Crippen molar-refractivity contribution >= 4 is 12.0 Å². The summed E-state index contributed by atoms with van der Waals surface area (Å²) < 4.78 is 0. The van der Waals surface area contributed by atoms with Gasteiger partial charge in [-0.25, -0.2) is 14.6 Å². The fourth-order valence-electron chi connectivity index (χ4n) is 1.80. The van der Waals surface area contributed by atoms with Crippen molar-refractivity contribution in [3.8, 4) is 0 Å². The normalized spacial score (nSPS) is 10.1. The smallest absolute Gasteiger partial charge is 0.335 e. The molecule has 0 aliphatic heterocycles. The Kier molecular flexibility index (Phi) is 4.86. The molecule has 21 heavy (non-hydrogen) atoms. The number of carbonyl (C=O) groups is 2. The van der Waals surface area contributed by atoms with E-state index in [1.165, 1.54) is 6.33 Å². The lowest BCUT2D eigenvalue weighted by Gasteiger charge is -2.08. The van der Waals surface area contributed by atoms with Gasteiger partial charge in [0.15, 0.2) is 0 Å². The van der Waals surface area contributed by atoms with Crippen LogP contribution in [-0.2, 0) is 13.0 Å². The van der Waals surface area contributed by atoms with Crippen LogP contribution in [0.4, 0.5) is 4.79 Å². The molecule has 0 aliphatic rings. The van der Waals surface area contributed by atoms with E-state index in [9.17, 15) is 9.59 Å². The number of rotatable bonds is 6. The molecular weight excluding hydrogens is 274 g/mol. The van der Waals surface area contributed by atoms with Crippen molar-refractivity contribution in [2.75, 3.05) is 6.54 Å². The zero-order valence-electron chi connectivity index (χ0n) is 11.2. The summed E-state index contributed by atoms with van der Waals surface area (Å²) in [5.74, 6) is -0.415. The highest BCUT2D eigenvalue weighted by Gasteiger charge is 2.09. The van der Waals surface area contributed by atoms with Gasteiger partial charge in [-0.15, -0.1) is 0 Å². The van der Waals surface area contributed by atoms with Gasteiger partial charge in [-0.1, -0.05) is 18.2 Å². The molecule has 110 valence electrons. The third-order valence-corrected chi connectivity index (χ3v) is 2.81. The number of carbonyl (C=O) groups excluding carboxylic acids is 1. The number of benzene rings is 1. The van der Waals surface area contributed by atoms with Crippen LogP contribution in [0.25, 0.3) is 0 Å². The lowest BCUT2D eigenvalue weighted by molar-refractivity contribution is 0.0695. The van der Waals surface area contributed by atoms with Crippen LogP contribution >= 0.6 is 0 Å². The van der Waals surface area contributed by atoms with Crippen LogP contribution in [0.3, 0.4) is 0 Å². The van der Waals surface area contributed by atoms with Gasteiger partial charge < -0.3 is 15.7 Å². The number of nitrogens with one attached hydrogen (secondary N) is 3. The summed E-state index contributed by atoms with van der Waals surface area (Å²) in [6.07, 6.45) is 1.80. The van der Waals surface area contributed by atoms with E-state index in [4.69, 9.17) is 5.11 Å². The van der Waals surface area contributed by atoms with E-state index in [1.54, 1.807) is 24.3 Å². The standard InChI is InChI=1S/C13H15N5O3/c19-12(20)10-4-2-1-3-9(10)5-6-14-13(21)15-7-11-16-8-17-18-11/h1-4,8H,5-7H2,(H,19,20)(H2,14,15,21)(H,16,17,18). The van der Waals surface area contributed by atoms with Crippen molar-refractivity contribution in [1.29, 1.82) is 0 Å². The number of carboxylic acid groups (broad SMARTS) is 1. The largest absolute Gasteiger partial charge is 0.478 e. The first-order valence-electron chi connectivity index (χ1n) is 6.34. The molecule has 0 saturated heterocycles. The van der Waals surface area contributed by atoms with Gasteiger partial charge in [0.25, 0.3) is 0 Å². The summed E-state index contributed by atoms with van der Waals surface area (Å²) in [6, 6.07) is 6.37. The van der Waals surface area contributed by atoms with Gasteiger partial charge in [0.1, 0.15) is 12.2 Å². The monoisotopic (exact) mass is 289 g/mol. The number of aromatic carboxylic acids is 1. The van der Waals surface area contributed by atoms with E-state index >= 15 is 0 Å². The molecule has 0 spiro atoms. The molecule has 0 saturated carbocycles. The highest BCUT2D eigenvalue weighted by molar-refractivity contribution is 5.89. The van der Waals surface area contributed by atoms with Crippen LogP contribution < -0.4 is 10.6 Å². The molecule has 2 amide bonds. The summed E-state index contributed by atoms with van der Waals surface area (Å²) in [5, 5.41) is 20.6. The Morgan fingerprint density at radius 1 is 1.24 bits per heavy atom. The quantitative estimate of drug-likeness (QED) is 0.619. The van der Waals surface area contributed by atoms with E-state index in [2.05, 4.69) is 25.8 Å². The van der Waals surface area contributed by atoms with E-state index < -0.39 is 5.97 Å². The number of aromatic amines is 1. The number of carboxylic acids is 1. The molecule has 4 N–H and O–H groups in total. The van der Waals surface area contributed by atoms with Crippen LogP contribution in [0.2, 0.25) is 0 Å². The SMILES string of the molecule is O=C(NCCc1ccccc1C(=O)O)NCc1ncn[nH]1.